The summed E-state index contributed by atoms with van der Waals surface area (Å²) in [7, 11) is 1.37. The van der Waals surface area contributed by atoms with E-state index in [1.54, 1.807) is 11.8 Å². The van der Waals surface area contributed by atoms with Crippen LogP contribution in [0, 0.1) is 0 Å². The molecule has 1 heterocycles. The van der Waals surface area contributed by atoms with E-state index in [1.165, 1.54) is 7.11 Å². The topological polar surface area (TPSA) is 58.6 Å². The highest BCUT2D eigenvalue weighted by atomic mass is 16.5. The Balaban J connectivity index is 2.46. The van der Waals surface area contributed by atoms with Crippen LogP contribution in [0.5, 0.6) is 0 Å². The molecule has 1 aliphatic rings. The molecule has 0 aliphatic carbocycles. The van der Waals surface area contributed by atoms with Crippen LogP contribution in [-0.4, -0.2) is 49.6 Å². The van der Waals surface area contributed by atoms with Crippen LogP contribution in [0.1, 0.15) is 26.2 Å². The molecule has 0 atom stereocenters. The number of nitrogens with zero attached hydrogens (tertiary/aromatic N) is 1. The number of methoxy groups -OCH3 is 1. The average molecular weight is 228 g/mol. The molecule has 1 amide bonds. The fourth-order valence-corrected chi connectivity index (χ4v) is 2.03. The van der Waals surface area contributed by atoms with Crippen molar-refractivity contribution in [1.29, 1.82) is 0 Å². The third kappa shape index (κ3) is 3.81. The second-order valence-corrected chi connectivity index (χ2v) is 4.02. The zero-order valence-corrected chi connectivity index (χ0v) is 9.99. The molecule has 5 heteroatoms. The molecule has 1 rings (SSSR count). The van der Waals surface area contributed by atoms with E-state index in [9.17, 15) is 9.59 Å². The van der Waals surface area contributed by atoms with Crippen molar-refractivity contribution in [3.8, 4) is 0 Å². The van der Waals surface area contributed by atoms with Gasteiger partial charge in [-0.25, -0.2) is 0 Å². The van der Waals surface area contributed by atoms with E-state index in [-0.39, 0.29) is 24.3 Å². The molecule has 0 aromatic rings. The maximum absolute atomic E-state index is 11.5. The summed E-state index contributed by atoms with van der Waals surface area (Å²) in [5.74, 6) is -0.226. The number of piperidine rings is 1. The molecule has 1 aliphatic heterocycles. The van der Waals surface area contributed by atoms with Crippen LogP contribution in [0.4, 0.5) is 0 Å². The molecule has 0 aromatic heterocycles. The van der Waals surface area contributed by atoms with Gasteiger partial charge in [0.2, 0.25) is 5.91 Å². The average Bonchev–Trinajstić information content (AvgIpc) is 2.30. The molecule has 0 saturated carbocycles. The first-order valence-electron chi connectivity index (χ1n) is 5.70. The predicted molar refractivity (Wildman–Crippen MR) is 59.9 cm³/mol. The van der Waals surface area contributed by atoms with E-state index in [1.807, 2.05) is 0 Å². The zero-order valence-electron chi connectivity index (χ0n) is 9.99. The first-order valence-corrected chi connectivity index (χ1v) is 5.70. The molecule has 0 aromatic carbocycles. The molecule has 0 radical (unpaired) electrons. The summed E-state index contributed by atoms with van der Waals surface area (Å²) < 4.78 is 4.58. The number of ether oxygens (including phenoxy) is 1. The van der Waals surface area contributed by atoms with Gasteiger partial charge in [0.1, 0.15) is 0 Å². The summed E-state index contributed by atoms with van der Waals surface area (Å²) in [6.45, 7) is 3.89. The first kappa shape index (κ1) is 13.0. The molecule has 1 N–H and O–H groups in total. The Kier molecular flexibility index (Phi) is 5.25. The highest BCUT2D eigenvalue weighted by Gasteiger charge is 2.23. The van der Waals surface area contributed by atoms with Gasteiger partial charge < -0.3 is 15.0 Å². The maximum atomic E-state index is 11.5. The van der Waals surface area contributed by atoms with E-state index < -0.39 is 0 Å². The number of carbonyl (C=O) groups excluding carboxylic acids is 2. The smallest absolute Gasteiger partial charge is 0.307 e. The van der Waals surface area contributed by atoms with Gasteiger partial charge in [0.25, 0.3) is 0 Å². The molecule has 16 heavy (non-hydrogen) atoms. The third-order valence-corrected chi connectivity index (χ3v) is 2.94. The Morgan fingerprint density at radius 3 is 2.50 bits per heavy atom. The van der Waals surface area contributed by atoms with Crippen LogP contribution < -0.4 is 5.32 Å². The molecule has 5 nitrogen and oxygen atoms in total. The molecule has 1 saturated heterocycles. The minimum absolute atomic E-state index is 0.0378. The van der Waals surface area contributed by atoms with Gasteiger partial charge in [-0.1, -0.05) is 0 Å². The van der Waals surface area contributed by atoms with Gasteiger partial charge in [-0.3, -0.25) is 9.59 Å². The molecule has 92 valence electrons. The van der Waals surface area contributed by atoms with Crippen molar-refractivity contribution in [3.63, 3.8) is 0 Å². The second kappa shape index (κ2) is 6.48. The molecular formula is C11H20N2O3. The van der Waals surface area contributed by atoms with Crippen LogP contribution in [0.25, 0.3) is 0 Å². The van der Waals surface area contributed by atoms with Crippen molar-refractivity contribution >= 4 is 11.9 Å². The van der Waals surface area contributed by atoms with Gasteiger partial charge in [0, 0.05) is 19.5 Å². The first-order chi connectivity index (χ1) is 7.65. The van der Waals surface area contributed by atoms with Crippen LogP contribution in [0.3, 0.4) is 0 Å². The second-order valence-electron chi connectivity index (χ2n) is 4.02. The lowest BCUT2D eigenvalue weighted by Gasteiger charge is -2.33. The van der Waals surface area contributed by atoms with Crippen LogP contribution in [0.2, 0.25) is 0 Å². The van der Waals surface area contributed by atoms with Crippen LogP contribution >= 0.6 is 0 Å². The van der Waals surface area contributed by atoms with Crippen molar-refractivity contribution in [2.45, 2.75) is 32.2 Å². The Labute approximate surface area is 96.1 Å². The van der Waals surface area contributed by atoms with Crippen molar-refractivity contribution < 1.29 is 14.3 Å². The lowest BCUT2D eigenvalue weighted by atomic mass is 10.0. The normalized spacial score (nSPS) is 16.9. The number of hydrogen-bond donors (Lipinski definition) is 1. The summed E-state index contributed by atoms with van der Waals surface area (Å²) in [6.07, 6.45) is 2.20. The summed E-state index contributed by atoms with van der Waals surface area (Å²) in [5.41, 5.74) is 0. The minimum atomic E-state index is -0.264. The van der Waals surface area contributed by atoms with E-state index >= 15 is 0 Å². The SMILES string of the molecule is COC(=O)CCN(C(C)=O)C1CCNCC1. The lowest BCUT2D eigenvalue weighted by Crippen LogP contribution is -2.46. The van der Waals surface area contributed by atoms with Gasteiger partial charge in [0.05, 0.1) is 13.5 Å². The highest BCUT2D eigenvalue weighted by Crippen LogP contribution is 2.12. The van der Waals surface area contributed by atoms with Gasteiger partial charge in [-0.2, -0.15) is 0 Å². The molecule has 1 fully saturated rings. The van der Waals surface area contributed by atoms with Crippen molar-refractivity contribution in [2.24, 2.45) is 0 Å². The predicted octanol–water partition coefficient (Wildman–Crippen LogP) is 0.150. The van der Waals surface area contributed by atoms with Crippen molar-refractivity contribution in [2.75, 3.05) is 26.7 Å². The summed E-state index contributed by atoms with van der Waals surface area (Å²) in [5, 5.41) is 3.25. The standard InChI is InChI=1S/C11H20N2O3/c1-9(14)13(8-5-11(15)16-2)10-3-6-12-7-4-10/h10,12H,3-8H2,1-2H3. The fraction of sp³-hybridized carbons (Fsp3) is 0.818. The summed E-state index contributed by atoms with van der Waals surface area (Å²) in [4.78, 5) is 24.3. The van der Waals surface area contributed by atoms with Crippen LogP contribution in [0.15, 0.2) is 0 Å². The third-order valence-electron chi connectivity index (χ3n) is 2.94. The summed E-state index contributed by atoms with van der Waals surface area (Å²) >= 11 is 0. The molecule has 0 bridgehead atoms. The quantitative estimate of drug-likeness (QED) is 0.696. The van der Waals surface area contributed by atoms with E-state index in [0.29, 0.717) is 6.54 Å². The molecular weight excluding hydrogens is 208 g/mol. The largest absolute Gasteiger partial charge is 0.469 e. The number of rotatable bonds is 4. The van der Waals surface area contributed by atoms with E-state index in [0.717, 1.165) is 25.9 Å². The Bertz CT molecular complexity index is 250. The zero-order chi connectivity index (χ0) is 12.0. The fourth-order valence-electron chi connectivity index (χ4n) is 2.03. The Hall–Kier alpha value is -1.10. The Morgan fingerprint density at radius 1 is 1.38 bits per heavy atom. The number of esters is 1. The molecule has 0 spiro atoms. The Morgan fingerprint density at radius 2 is 2.00 bits per heavy atom. The lowest BCUT2D eigenvalue weighted by molar-refractivity contribution is -0.142. The van der Waals surface area contributed by atoms with E-state index in [2.05, 4.69) is 10.1 Å². The minimum Gasteiger partial charge on any atom is -0.469 e. The maximum Gasteiger partial charge on any atom is 0.307 e. The van der Waals surface area contributed by atoms with Gasteiger partial charge in [-0.15, -0.1) is 0 Å². The van der Waals surface area contributed by atoms with Crippen molar-refractivity contribution in [1.82, 2.24) is 10.2 Å². The monoisotopic (exact) mass is 228 g/mol. The summed E-state index contributed by atoms with van der Waals surface area (Å²) in [6, 6.07) is 0.267. The number of carbonyl (C=O) groups is 2. The van der Waals surface area contributed by atoms with Gasteiger partial charge in [-0.05, 0) is 25.9 Å². The van der Waals surface area contributed by atoms with Crippen molar-refractivity contribution in [3.05, 3.63) is 0 Å². The number of nitrogens with one attached hydrogen (secondary N) is 1. The van der Waals surface area contributed by atoms with Gasteiger partial charge in [0.15, 0.2) is 0 Å². The highest BCUT2D eigenvalue weighted by molar-refractivity contribution is 5.75. The number of hydrogen-bond acceptors (Lipinski definition) is 4. The van der Waals surface area contributed by atoms with Crippen LogP contribution in [-0.2, 0) is 14.3 Å². The molecule has 0 unspecified atom stereocenters. The number of amides is 1. The van der Waals surface area contributed by atoms with E-state index in [4.69, 9.17) is 0 Å². The van der Waals surface area contributed by atoms with Gasteiger partial charge >= 0.3 is 5.97 Å².